The third-order valence-electron chi connectivity index (χ3n) is 3.68. The number of carbonyl (C=O) groups excluding carboxylic acids is 2. The van der Waals surface area contributed by atoms with Gasteiger partial charge in [-0.25, -0.2) is 0 Å². The number of Topliss-reactive ketones (excluding diaryl/α,β-unsaturated/α-hetero) is 1. The maximum absolute atomic E-state index is 12.0. The summed E-state index contributed by atoms with van der Waals surface area (Å²) in [4.78, 5) is 24.0. The van der Waals surface area contributed by atoms with Crippen molar-refractivity contribution in [3.8, 4) is 11.5 Å². The van der Waals surface area contributed by atoms with Crippen molar-refractivity contribution in [3.63, 3.8) is 0 Å². The average Bonchev–Trinajstić information content (AvgIpc) is 2.71. The first-order valence-corrected chi connectivity index (χ1v) is 9.65. The minimum Gasteiger partial charge on any atom is -0.457 e. The highest BCUT2D eigenvalue weighted by Gasteiger charge is 2.08. The fraction of sp³-hybridized carbons (Fsp3) is 0.0909. The Bertz CT molecular complexity index is 880. The maximum atomic E-state index is 12.0. The second kappa shape index (κ2) is 9.59. The molecule has 0 heterocycles. The Morgan fingerprint density at radius 3 is 2.00 bits per heavy atom. The molecule has 0 bridgehead atoms. The van der Waals surface area contributed by atoms with Crippen molar-refractivity contribution in [2.45, 2.75) is 0 Å². The lowest BCUT2D eigenvalue weighted by atomic mass is 10.2. The highest BCUT2D eigenvalue weighted by molar-refractivity contribution is 8.00. The molecule has 1 amide bonds. The third-order valence-corrected chi connectivity index (χ3v) is 4.61. The zero-order valence-corrected chi connectivity index (χ0v) is 15.4. The summed E-state index contributed by atoms with van der Waals surface area (Å²) >= 11 is 1.30. The first-order valence-electron chi connectivity index (χ1n) is 8.49. The predicted octanol–water partition coefficient (Wildman–Crippen LogP) is 5.03. The molecule has 0 aromatic heterocycles. The van der Waals surface area contributed by atoms with Gasteiger partial charge in [-0.05, 0) is 36.4 Å². The van der Waals surface area contributed by atoms with E-state index in [1.54, 1.807) is 36.4 Å². The smallest absolute Gasteiger partial charge is 0.234 e. The fourth-order valence-electron chi connectivity index (χ4n) is 2.37. The number of nitrogens with one attached hydrogen (secondary N) is 1. The lowest BCUT2D eigenvalue weighted by molar-refractivity contribution is -0.113. The largest absolute Gasteiger partial charge is 0.457 e. The molecule has 136 valence electrons. The maximum Gasteiger partial charge on any atom is 0.234 e. The number of benzene rings is 3. The number of hydrogen-bond donors (Lipinski definition) is 1. The van der Waals surface area contributed by atoms with Gasteiger partial charge in [0.1, 0.15) is 11.5 Å². The molecule has 5 heteroatoms. The Labute approximate surface area is 162 Å². The summed E-state index contributed by atoms with van der Waals surface area (Å²) in [5.74, 6) is 1.84. The minimum absolute atomic E-state index is 0.0239. The highest BCUT2D eigenvalue weighted by atomic mass is 32.2. The van der Waals surface area contributed by atoms with E-state index in [1.165, 1.54) is 11.8 Å². The first-order chi connectivity index (χ1) is 13.2. The fourth-order valence-corrected chi connectivity index (χ4v) is 3.08. The second-order valence-electron chi connectivity index (χ2n) is 5.77. The zero-order valence-electron chi connectivity index (χ0n) is 14.6. The van der Waals surface area contributed by atoms with E-state index in [1.807, 2.05) is 48.5 Å². The number of hydrogen-bond acceptors (Lipinski definition) is 4. The topological polar surface area (TPSA) is 55.4 Å². The summed E-state index contributed by atoms with van der Waals surface area (Å²) in [6.07, 6.45) is 0. The van der Waals surface area contributed by atoms with Crippen molar-refractivity contribution in [2.75, 3.05) is 16.8 Å². The van der Waals surface area contributed by atoms with E-state index in [9.17, 15) is 9.59 Å². The number of anilines is 1. The summed E-state index contributed by atoms with van der Waals surface area (Å²) in [6.45, 7) is 0. The summed E-state index contributed by atoms with van der Waals surface area (Å²) in [5.41, 5.74) is 1.36. The molecular weight excluding hydrogens is 358 g/mol. The van der Waals surface area contributed by atoms with Crippen LogP contribution in [0.1, 0.15) is 10.4 Å². The number of rotatable bonds is 8. The molecule has 3 aromatic rings. The van der Waals surface area contributed by atoms with Crippen molar-refractivity contribution in [1.82, 2.24) is 0 Å². The molecule has 3 aromatic carbocycles. The van der Waals surface area contributed by atoms with Gasteiger partial charge in [0.05, 0.1) is 11.5 Å². The van der Waals surface area contributed by atoms with Gasteiger partial charge in [0.15, 0.2) is 5.78 Å². The van der Waals surface area contributed by atoms with Crippen LogP contribution in [0, 0.1) is 0 Å². The van der Waals surface area contributed by atoms with Gasteiger partial charge in [-0.15, -0.1) is 11.8 Å². The normalized spacial score (nSPS) is 10.2. The average molecular weight is 377 g/mol. The monoisotopic (exact) mass is 377 g/mol. The lowest BCUT2D eigenvalue weighted by Gasteiger charge is -2.08. The van der Waals surface area contributed by atoms with E-state index in [0.29, 0.717) is 17.0 Å². The second-order valence-corrected chi connectivity index (χ2v) is 6.76. The van der Waals surface area contributed by atoms with Gasteiger partial charge in [0.25, 0.3) is 0 Å². The van der Waals surface area contributed by atoms with Crippen molar-refractivity contribution in [1.29, 1.82) is 0 Å². The van der Waals surface area contributed by atoms with E-state index in [0.717, 1.165) is 5.75 Å². The van der Waals surface area contributed by atoms with Crippen molar-refractivity contribution < 1.29 is 14.3 Å². The molecule has 0 saturated heterocycles. The van der Waals surface area contributed by atoms with Crippen LogP contribution in [0.5, 0.6) is 11.5 Å². The quantitative estimate of drug-likeness (QED) is 0.559. The van der Waals surface area contributed by atoms with Crippen LogP contribution in [0.15, 0.2) is 84.9 Å². The standard InChI is InChI=1S/C22H19NO3S/c24-21(17-7-3-1-4-8-17)15-27-16-22(25)23-18-11-13-20(14-12-18)26-19-9-5-2-6-10-19/h1-14H,15-16H2,(H,23,25). The summed E-state index contributed by atoms with van der Waals surface area (Å²) in [5, 5.41) is 2.82. The number of para-hydroxylation sites is 1. The van der Waals surface area contributed by atoms with E-state index in [2.05, 4.69) is 5.32 Å². The third kappa shape index (κ3) is 6.01. The van der Waals surface area contributed by atoms with Gasteiger partial charge < -0.3 is 10.1 Å². The van der Waals surface area contributed by atoms with Crippen LogP contribution >= 0.6 is 11.8 Å². The van der Waals surface area contributed by atoms with Gasteiger partial charge >= 0.3 is 0 Å². The highest BCUT2D eigenvalue weighted by Crippen LogP contribution is 2.22. The molecule has 0 aliphatic rings. The number of amides is 1. The van der Waals surface area contributed by atoms with E-state index in [-0.39, 0.29) is 23.2 Å². The van der Waals surface area contributed by atoms with Crippen LogP contribution in [0.4, 0.5) is 5.69 Å². The van der Waals surface area contributed by atoms with Crippen LogP contribution in [-0.4, -0.2) is 23.2 Å². The molecule has 27 heavy (non-hydrogen) atoms. The Hall–Kier alpha value is -3.05. The molecule has 3 rings (SSSR count). The van der Waals surface area contributed by atoms with E-state index < -0.39 is 0 Å². The molecule has 0 spiro atoms. The summed E-state index contributed by atoms with van der Waals surface area (Å²) in [7, 11) is 0. The van der Waals surface area contributed by atoms with Crippen molar-refractivity contribution in [2.24, 2.45) is 0 Å². The van der Waals surface area contributed by atoms with Crippen LogP contribution in [0.25, 0.3) is 0 Å². The number of carbonyl (C=O) groups is 2. The Balaban J connectivity index is 1.43. The first kappa shape index (κ1) is 18.7. The molecule has 0 unspecified atom stereocenters. The molecule has 0 fully saturated rings. The van der Waals surface area contributed by atoms with Gasteiger partial charge in [0.2, 0.25) is 5.91 Å². The van der Waals surface area contributed by atoms with Crippen molar-refractivity contribution in [3.05, 3.63) is 90.5 Å². The molecule has 0 atom stereocenters. The van der Waals surface area contributed by atoms with Crippen LogP contribution < -0.4 is 10.1 Å². The minimum atomic E-state index is -0.141. The van der Waals surface area contributed by atoms with Gasteiger partial charge in [-0.1, -0.05) is 48.5 Å². The molecule has 4 nitrogen and oxygen atoms in total. The van der Waals surface area contributed by atoms with Gasteiger partial charge in [-0.2, -0.15) is 0 Å². The van der Waals surface area contributed by atoms with Gasteiger partial charge in [0, 0.05) is 11.3 Å². The van der Waals surface area contributed by atoms with Crippen LogP contribution in [-0.2, 0) is 4.79 Å². The van der Waals surface area contributed by atoms with Crippen LogP contribution in [0.2, 0.25) is 0 Å². The number of thioether (sulfide) groups is 1. The molecule has 1 N–H and O–H groups in total. The SMILES string of the molecule is O=C(CSCC(=O)c1ccccc1)Nc1ccc(Oc2ccccc2)cc1. The molecular formula is C22H19NO3S. The number of ketones is 1. The van der Waals surface area contributed by atoms with E-state index >= 15 is 0 Å². The summed E-state index contributed by atoms with van der Waals surface area (Å²) in [6, 6.07) is 25.8. The van der Waals surface area contributed by atoms with Crippen molar-refractivity contribution >= 4 is 29.1 Å². The number of ether oxygens (including phenoxy) is 1. The zero-order chi connectivity index (χ0) is 18.9. The van der Waals surface area contributed by atoms with Gasteiger partial charge in [-0.3, -0.25) is 9.59 Å². The summed E-state index contributed by atoms with van der Waals surface area (Å²) < 4.78 is 5.72. The van der Waals surface area contributed by atoms with Crippen LogP contribution in [0.3, 0.4) is 0 Å². The lowest BCUT2D eigenvalue weighted by Crippen LogP contribution is -2.15. The molecule has 0 aliphatic heterocycles. The Morgan fingerprint density at radius 2 is 1.33 bits per heavy atom. The predicted molar refractivity (Wildman–Crippen MR) is 110 cm³/mol. The van der Waals surface area contributed by atoms with E-state index in [4.69, 9.17) is 4.74 Å². The molecule has 0 aliphatic carbocycles. The Morgan fingerprint density at radius 1 is 0.741 bits per heavy atom. The molecule has 0 saturated carbocycles. The Kier molecular flexibility index (Phi) is 6.66. The molecule has 0 radical (unpaired) electrons.